The van der Waals surface area contributed by atoms with Gasteiger partial charge in [0, 0.05) is 26.2 Å². The largest absolute Gasteiger partial charge is 0.318 e. The van der Waals surface area contributed by atoms with E-state index in [0.717, 1.165) is 19.3 Å². The van der Waals surface area contributed by atoms with Crippen LogP contribution in [0.4, 0.5) is 0 Å². The van der Waals surface area contributed by atoms with E-state index in [-0.39, 0.29) is 60.9 Å². The molecule has 0 N–H and O–H groups in total. The van der Waals surface area contributed by atoms with Crippen molar-refractivity contribution in [1.82, 2.24) is 0 Å². The summed E-state index contributed by atoms with van der Waals surface area (Å²) < 4.78 is 0. The van der Waals surface area contributed by atoms with Crippen LogP contribution < -0.4 is 0 Å². The molecule has 0 aliphatic heterocycles. The van der Waals surface area contributed by atoms with E-state index in [0.29, 0.717) is 33.4 Å². The standard InChI is InChI=1S/3C15H11O2.Zr/c3*16-14(12-7-3-1-4-8-12)11-15(17)13-9-5-2-6-10-13;/h3*1-11H;/q3*-1;. The third-order valence-electron chi connectivity index (χ3n) is 7.14. The summed E-state index contributed by atoms with van der Waals surface area (Å²) in [5.74, 6) is -1.59. The van der Waals surface area contributed by atoms with E-state index in [4.69, 9.17) is 0 Å². The average molecular weight is 761 g/mol. The second-order valence-electron chi connectivity index (χ2n) is 10.8. The van der Waals surface area contributed by atoms with Gasteiger partial charge in [0.25, 0.3) is 0 Å². The van der Waals surface area contributed by atoms with Gasteiger partial charge in [0.15, 0.2) is 0 Å². The molecule has 0 fully saturated rings. The molecule has 6 aromatic rings. The van der Waals surface area contributed by atoms with Gasteiger partial charge >= 0.3 is 0 Å². The molecule has 0 aliphatic carbocycles. The predicted octanol–water partition coefficient (Wildman–Crippen LogP) is 8.87. The molecule has 0 aromatic heterocycles. The summed E-state index contributed by atoms with van der Waals surface area (Å²) in [5.41, 5.74) is 3.15. The molecule has 256 valence electrons. The van der Waals surface area contributed by atoms with Crippen molar-refractivity contribution in [3.63, 3.8) is 0 Å². The van der Waals surface area contributed by atoms with Crippen LogP contribution in [0.5, 0.6) is 0 Å². The summed E-state index contributed by atoms with van der Waals surface area (Å²) in [6.45, 7) is 0. The zero-order valence-electron chi connectivity index (χ0n) is 28.0. The van der Waals surface area contributed by atoms with Crippen LogP contribution in [-0.2, 0) is 26.2 Å². The monoisotopic (exact) mass is 759 g/mol. The van der Waals surface area contributed by atoms with E-state index in [9.17, 15) is 28.8 Å². The molecule has 0 amide bonds. The Bertz CT molecular complexity index is 1640. The SMILES string of the molecule is O=C([CH-]C(=O)c1ccccc1)c1ccccc1.O=C([CH-]C(=O)c1ccccc1)c1ccccc1.O=C([CH-]C(=O)c1ccccc1)c1ccccc1.[Zr]. The number of hydrogen-bond acceptors (Lipinski definition) is 6. The topological polar surface area (TPSA) is 102 Å². The molecule has 7 heteroatoms. The molecule has 0 radical (unpaired) electrons. The Labute approximate surface area is 322 Å². The number of Topliss-reactive ketones (excluding diaryl/α,β-unsaturated/α-hetero) is 6. The number of ketones is 6. The Kier molecular flexibility index (Phi) is 16.9. The number of carbonyl (C=O) groups excluding carboxylic acids is 6. The van der Waals surface area contributed by atoms with Crippen molar-refractivity contribution in [2.24, 2.45) is 0 Å². The fraction of sp³-hybridized carbons (Fsp3) is 0. The number of rotatable bonds is 12. The second kappa shape index (κ2) is 21.8. The van der Waals surface area contributed by atoms with Gasteiger partial charge in [-0.05, 0) is 0 Å². The first-order valence-electron chi connectivity index (χ1n) is 15.9. The van der Waals surface area contributed by atoms with E-state index < -0.39 is 0 Å². The van der Waals surface area contributed by atoms with Crippen molar-refractivity contribution in [2.45, 2.75) is 0 Å². The maximum atomic E-state index is 11.8. The first-order chi connectivity index (χ1) is 24.8. The van der Waals surface area contributed by atoms with Gasteiger partial charge in [-0.3, -0.25) is 0 Å². The minimum atomic E-state index is -0.264. The maximum absolute atomic E-state index is 11.8. The van der Waals surface area contributed by atoms with Crippen LogP contribution >= 0.6 is 0 Å². The minimum Gasteiger partial charge on any atom is -0.318 e. The Hall–Kier alpha value is -6.17. The zero-order valence-corrected chi connectivity index (χ0v) is 30.5. The second-order valence-corrected chi connectivity index (χ2v) is 10.8. The average Bonchev–Trinajstić information content (AvgIpc) is 3.20. The van der Waals surface area contributed by atoms with Crippen molar-refractivity contribution in [2.75, 3.05) is 0 Å². The van der Waals surface area contributed by atoms with Crippen LogP contribution in [0.3, 0.4) is 0 Å². The number of benzene rings is 6. The third-order valence-corrected chi connectivity index (χ3v) is 7.14. The predicted molar refractivity (Wildman–Crippen MR) is 198 cm³/mol. The molecule has 0 unspecified atom stereocenters. The summed E-state index contributed by atoms with van der Waals surface area (Å²) in [6, 6.07) is 52.5. The summed E-state index contributed by atoms with van der Waals surface area (Å²) in [7, 11) is 0. The molecular weight excluding hydrogens is 728 g/mol. The van der Waals surface area contributed by atoms with Gasteiger partial charge in [0.2, 0.25) is 0 Å². The molecular formula is C45H33O6Zr-3. The van der Waals surface area contributed by atoms with Gasteiger partial charge in [-0.25, -0.2) is 0 Å². The van der Waals surface area contributed by atoms with Gasteiger partial charge < -0.3 is 28.8 Å². The van der Waals surface area contributed by atoms with Crippen LogP contribution in [0.15, 0.2) is 182 Å². The van der Waals surface area contributed by atoms with Crippen molar-refractivity contribution >= 4 is 34.7 Å². The van der Waals surface area contributed by atoms with E-state index in [1.807, 2.05) is 36.4 Å². The molecule has 0 saturated heterocycles. The fourth-order valence-corrected chi connectivity index (χ4v) is 4.47. The Morgan fingerprint density at radius 1 is 0.231 bits per heavy atom. The van der Waals surface area contributed by atoms with Crippen LogP contribution in [0.2, 0.25) is 0 Å². The van der Waals surface area contributed by atoms with Crippen molar-refractivity contribution in [3.05, 3.63) is 235 Å². The summed E-state index contributed by atoms with van der Waals surface area (Å²) in [4.78, 5) is 70.5. The van der Waals surface area contributed by atoms with Gasteiger partial charge in [-0.1, -0.05) is 162 Å². The van der Waals surface area contributed by atoms with Crippen LogP contribution in [0.25, 0.3) is 0 Å². The normalized spacial score (nSPS) is 9.46. The molecule has 6 rings (SSSR count). The number of carbonyl (C=O) groups is 6. The molecule has 0 aliphatic rings. The van der Waals surface area contributed by atoms with Gasteiger partial charge in [-0.15, -0.1) is 72.8 Å². The Morgan fingerprint density at radius 2 is 0.346 bits per heavy atom. The van der Waals surface area contributed by atoms with E-state index in [1.165, 1.54) is 0 Å². The molecule has 0 spiro atoms. The Morgan fingerprint density at radius 3 is 0.462 bits per heavy atom. The van der Waals surface area contributed by atoms with E-state index in [2.05, 4.69) is 0 Å². The zero-order chi connectivity index (χ0) is 36.3. The minimum absolute atomic E-state index is 0. The molecule has 6 aromatic carbocycles. The van der Waals surface area contributed by atoms with Gasteiger partial charge in [0.1, 0.15) is 0 Å². The molecule has 0 saturated carbocycles. The first-order valence-corrected chi connectivity index (χ1v) is 15.9. The number of hydrogen-bond donors (Lipinski definition) is 0. The molecule has 0 atom stereocenters. The van der Waals surface area contributed by atoms with Crippen molar-refractivity contribution < 1.29 is 55.0 Å². The van der Waals surface area contributed by atoms with Crippen LogP contribution in [-0.4, -0.2) is 34.7 Å². The van der Waals surface area contributed by atoms with E-state index >= 15 is 0 Å². The summed E-state index contributed by atoms with van der Waals surface area (Å²) in [6.07, 6.45) is 3.39. The van der Waals surface area contributed by atoms with E-state index in [1.54, 1.807) is 146 Å². The molecule has 52 heavy (non-hydrogen) atoms. The smallest absolute Gasteiger partial charge is 0.0832 e. The van der Waals surface area contributed by atoms with Crippen LogP contribution in [0, 0.1) is 19.3 Å². The maximum Gasteiger partial charge on any atom is 0.0832 e. The van der Waals surface area contributed by atoms with Crippen molar-refractivity contribution in [3.8, 4) is 0 Å². The van der Waals surface area contributed by atoms with Gasteiger partial charge in [-0.2, -0.15) is 0 Å². The summed E-state index contributed by atoms with van der Waals surface area (Å²) in [5, 5.41) is 0. The fourth-order valence-electron chi connectivity index (χ4n) is 4.47. The quantitative estimate of drug-likeness (QED) is 0.0702. The molecule has 0 bridgehead atoms. The molecule has 6 nitrogen and oxygen atoms in total. The van der Waals surface area contributed by atoms with Crippen LogP contribution in [0.1, 0.15) is 62.1 Å². The van der Waals surface area contributed by atoms with Gasteiger partial charge in [0.05, 0.1) is 34.7 Å². The van der Waals surface area contributed by atoms with Crippen molar-refractivity contribution in [1.29, 1.82) is 0 Å². The molecule has 0 heterocycles. The Balaban J connectivity index is 0.000000208. The first kappa shape index (κ1) is 40.3. The summed E-state index contributed by atoms with van der Waals surface area (Å²) >= 11 is 0. The third kappa shape index (κ3) is 13.3.